The van der Waals surface area contributed by atoms with Crippen molar-refractivity contribution < 1.29 is 57.4 Å². The quantitative estimate of drug-likeness (QED) is 0.336. The third-order valence-electron chi connectivity index (χ3n) is 9.28. The van der Waals surface area contributed by atoms with Crippen LogP contribution in [0.3, 0.4) is 0 Å². The third-order valence-corrected chi connectivity index (χ3v) is 9.28. The van der Waals surface area contributed by atoms with E-state index >= 15 is 0 Å². The standard InChI is InChI=1S/C32H30F2N2O10/c33-22-12-23(19-6-3-7-20(19)27(22)34)43-11-8-24(37)36-10-9-31(42,21-16-35-15-17-4-1-2-5-18(17)21)28-32(36)45-26(39)14-30(41,29(40)46-32)13-25(38)44-28/h1-2,4-5,12,15-16,24,28,37,41-42H,3,6-11,13-14H2/t24-,28?,30?,31?,32?/m0/s1. The van der Waals surface area contributed by atoms with Crippen LogP contribution in [0.25, 0.3) is 10.8 Å². The van der Waals surface area contributed by atoms with Gasteiger partial charge in [-0.2, -0.15) is 0 Å². The highest BCUT2D eigenvalue weighted by Gasteiger charge is 2.71. The van der Waals surface area contributed by atoms with Crippen molar-refractivity contribution in [2.24, 2.45) is 0 Å². The van der Waals surface area contributed by atoms with Crippen molar-refractivity contribution in [2.45, 2.75) is 74.4 Å². The topological polar surface area (TPSA) is 165 Å². The van der Waals surface area contributed by atoms with Crippen LogP contribution in [0, 0.1) is 11.6 Å². The zero-order valence-electron chi connectivity index (χ0n) is 24.4. The SMILES string of the molecule is O=C1CC2(O)CC(=O)OC3(OC2=O)C(O1)C(O)(c1cncc2ccccc12)CCN3[C@@H](O)CCOc1cc(F)c(F)c2c1CCC2. The summed E-state index contributed by atoms with van der Waals surface area (Å²) >= 11 is 0. The minimum absolute atomic E-state index is 0.128. The van der Waals surface area contributed by atoms with Gasteiger partial charge in [0.25, 0.3) is 0 Å². The Labute approximate surface area is 260 Å². The van der Waals surface area contributed by atoms with Gasteiger partial charge < -0.3 is 34.3 Å². The van der Waals surface area contributed by atoms with E-state index in [2.05, 4.69) is 4.98 Å². The van der Waals surface area contributed by atoms with Crippen LogP contribution in [0.15, 0.2) is 42.7 Å². The Balaban J connectivity index is 1.26. The average Bonchev–Trinajstić information content (AvgIpc) is 3.49. The Morgan fingerprint density at radius 2 is 1.80 bits per heavy atom. The molecule has 14 heteroatoms. The lowest BCUT2D eigenvalue weighted by atomic mass is 9.78. The summed E-state index contributed by atoms with van der Waals surface area (Å²) in [5.74, 6) is -8.23. The number of piperidine rings is 1. The van der Waals surface area contributed by atoms with Gasteiger partial charge in [-0.15, -0.1) is 0 Å². The third kappa shape index (κ3) is 4.70. The Morgan fingerprint density at radius 1 is 1.04 bits per heavy atom. The summed E-state index contributed by atoms with van der Waals surface area (Å²) < 4.78 is 51.4. The van der Waals surface area contributed by atoms with E-state index in [1.165, 1.54) is 6.20 Å². The summed E-state index contributed by atoms with van der Waals surface area (Å²) in [6.07, 6.45) is -1.53. The minimum atomic E-state index is -2.73. The molecule has 1 aliphatic carbocycles. The van der Waals surface area contributed by atoms with E-state index in [0.29, 0.717) is 35.6 Å². The number of hydrogen-bond donors (Lipinski definition) is 3. The molecule has 0 saturated carbocycles. The number of benzene rings is 2. The van der Waals surface area contributed by atoms with Crippen LogP contribution in [0.2, 0.25) is 0 Å². The Morgan fingerprint density at radius 3 is 2.63 bits per heavy atom. The average molecular weight is 641 g/mol. The number of aromatic nitrogens is 1. The molecule has 3 aliphatic heterocycles. The molecule has 3 saturated heterocycles. The summed E-state index contributed by atoms with van der Waals surface area (Å²) in [6.45, 7) is -0.520. The van der Waals surface area contributed by atoms with Gasteiger partial charge in [-0.3, -0.25) is 14.6 Å². The van der Waals surface area contributed by atoms with Crippen molar-refractivity contribution >= 4 is 28.7 Å². The lowest BCUT2D eigenvalue weighted by Crippen LogP contribution is -2.74. The molecule has 0 radical (unpaired) electrons. The van der Waals surface area contributed by atoms with Crippen molar-refractivity contribution in [1.82, 2.24) is 9.88 Å². The number of pyridine rings is 1. The first kappa shape index (κ1) is 30.4. The molecule has 0 amide bonds. The van der Waals surface area contributed by atoms with Crippen molar-refractivity contribution in [3.8, 4) is 5.75 Å². The number of nitrogens with zero attached hydrogens (tertiary/aromatic N) is 2. The van der Waals surface area contributed by atoms with Gasteiger partial charge in [0.1, 0.15) is 17.6 Å². The van der Waals surface area contributed by atoms with E-state index in [4.69, 9.17) is 18.9 Å². The predicted octanol–water partition coefficient (Wildman–Crippen LogP) is 1.87. The van der Waals surface area contributed by atoms with Gasteiger partial charge in [-0.05, 0) is 36.6 Å². The molecule has 1 spiro atoms. The molecule has 5 atom stereocenters. The van der Waals surface area contributed by atoms with Crippen LogP contribution in [-0.4, -0.2) is 80.1 Å². The molecule has 242 valence electrons. The second-order valence-electron chi connectivity index (χ2n) is 12.1. The van der Waals surface area contributed by atoms with Crippen LogP contribution in [-0.2, 0) is 47.0 Å². The normalized spacial score (nSPS) is 29.9. The van der Waals surface area contributed by atoms with Gasteiger partial charge >= 0.3 is 23.8 Å². The highest BCUT2D eigenvalue weighted by atomic mass is 19.2. The van der Waals surface area contributed by atoms with Crippen LogP contribution in [0.5, 0.6) is 5.75 Å². The number of rotatable bonds is 6. The molecule has 3 fully saturated rings. The lowest BCUT2D eigenvalue weighted by molar-refractivity contribution is -0.387. The number of fused-ring (bicyclic) bond motifs is 4. The summed E-state index contributed by atoms with van der Waals surface area (Å²) in [5, 5.41) is 36.1. The second-order valence-corrected chi connectivity index (χ2v) is 12.1. The molecule has 4 heterocycles. The van der Waals surface area contributed by atoms with Crippen LogP contribution >= 0.6 is 0 Å². The van der Waals surface area contributed by atoms with Crippen LogP contribution < -0.4 is 4.74 Å². The van der Waals surface area contributed by atoms with Gasteiger partial charge in [-0.1, -0.05) is 24.3 Å². The molecule has 46 heavy (non-hydrogen) atoms. The van der Waals surface area contributed by atoms with Gasteiger partial charge in [0.05, 0.1) is 19.4 Å². The van der Waals surface area contributed by atoms with E-state index in [9.17, 15) is 38.5 Å². The number of halogens is 2. The summed E-state index contributed by atoms with van der Waals surface area (Å²) in [5.41, 5.74) is -3.83. The fourth-order valence-corrected chi connectivity index (χ4v) is 7.05. The van der Waals surface area contributed by atoms with Gasteiger partial charge in [-0.25, -0.2) is 18.5 Å². The first-order valence-electron chi connectivity index (χ1n) is 15.0. The molecule has 12 nitrogen and oxygen atoms in total. The molecule has 2 bridgehead atoms. The number of likely N-dealkylation sites (tertiary alicyclic amines) is 1. The predicted molar refractivity (Wildman–Crippen MR) is 150 cm³/mol. The zero-order valence-corrected chi connectivity index (χ0v) is 24.4. The number of hydrogen-bond acceptors (Lipinski definition) is 12. The number of aliphatic hydroxyl groups is 3. The molecule has 3 N–H and O–H groups in total. The lowest BCUT2D eigenvalue weighted by Gasteiger charge is -2.54. The second kappa shape index (κ2) is 10.9. The Bertz CT molecular complexity index is 1770. The van der Waals surface area contributed by atoms with E-state index in [0.717, 1.165) is 11.0 Å². The molecular weight excluding hydrogens is 610 g/mol. The van der Waals surface area contributed by atoms with E-state index in [1.807, 2.05) is 0 Å². The number of aliphatic hydroxyl groups excluding tert-OH is 1. The first-order chi connectivity index (χ1) is 21.9. The number of esters is 3. The fourth-order valence-electron chi connectivity index (χ4n) is 7.05. The summed E-state index contributed by atoms with van der Waals surface area (Å²) in [6, 6.07) is 7.90. The monoisotopic (exact) mass is 640 g/mol. The highest BCUT2D eigenvalue weighted by molar-refractivity contribution is 5.92. The fraction of sp³-hybridized carbons (Fsp3) is 0.438. The zero-order chi connectivity index (χ0) is 32.4. The van der Waals surface area contributed by atoms with Crippen molar-refractivity contribution in [1.29, 1.82) is 0 Å². The van der Waals surface area contributed by atoms with E-state index in [-0.39, 0.29) is 42.9 Å². The first-order valence-corrected chi connectivity index (χ1v) is 15.0. The number of carbonyl (C=O) groups is 3. The summed E-state index contributed by atoms with van der Waals surface area (Å²) in [4.78, 5) is 45.0. The van der Waals surface area contributed by atoms with Crippen LogP contribution in [0.1, 0.15) is 48.8 Å². The van der Waals surface area contributed by atoms with Crippen molar-refractivity contribution in [2.75, 3.05) is 13.2 Å². The number of carbonyl (C=O) groups excluding carboxylic acids is 3. The highest BCUT2D eigenvalue weighted by Crippen LogP contribution is 2.50. The smallest absolute Gasteiger partial charge is 0.364 e. The summed E-state index contributed by atoms with van der Waals surface area (Å²) in [7, 11) is 0. The largest absolute Gasteiger partial charge is 0.493 e. The van der Waals surface area contributed by atoms with Gasteiger partial charge in [0.2, 0.25) is 6.10 Å². The Hall–Kier alpha value is -4.24. The number of ether oxygens (including phenoxy) is 4. The molecule has 4 unspecified atom stereocenters. The molecule has 1 aromatic heterocycles. The molecule has 2 aromatic carbocycles. The van der Waals surface area contributed by atoms with E-state index in [1.54, 1.807) is 30.5 Å². The van der Waals surface area contributed by atoms with Gasteiger partial charge in [0.15, 0.2) is 17.2 Å². The maximum atomic E-state index is 14.3. The molecule has 7 rings (SSSR count). The Kier molecular flexibility index (Phi) is 7.23. The molecule has 4 aliphatic rings. The van der Waals surface area contributed by atoms with Crippen LogP contribution in [0.4, 0.5) is 8.78 Å². The minimum Gasteiger partial charge on any atom is -0.493 e. The molecular formula is C32H30F2N2O10. The van der Waals surface area contributed by atoms with Crippen molar-refractivity contribution in [3.63, 3.8) is 0 Å². The molecule has 3 aromatic rings. The maximum Gasteiger partial charge on any atom is 0.364 e. The van der Waals surface area contributed by atoms with E-state index < -0.39 is 71.8 Å². The maximum absolute atomic E-state index is 14.3. The van der Waals surface area contributed by atoms with Crippen molar-refractivity contribution in [3.05, 3.63) is 71.1 Å². The van der Waals surface area contributed by atoms with Gasteiger partial charge in [0, 0.05) is 47.9 Å².